The van der Waals surface area contributed by atoms with Crippen LogP contribution in [0.15, 0.2) is 0 Å². The molecule has 0 spiro atoms. The van der Waals surface area contributed by atoms with Crippen molar-refractivity contribution in [3.8, 4) is 0 Å². The number of aliphatic carboxylic acids is 1. The fourth-order valence-electron chi connectivity index (χ4n) is 2.15. The zero-order chi connectivity index (χ0) is 10.1. The van der Waals surface area contributed by atoms with E-state index in [1.165, 1.54) is 0 Å². The summed E-state index contributed by atoms with van der Waals surface area (Å²) >= 11 is 0. The lowest BCUT2D eigenvalue weighted by Gasteiger charge is -2.51. The van der Waals surface area contributed by atoms with Gasteiger partial charge in [-0.1, -0.05) is 13.8 Å². The van der Waals surface area contributed by atoms with Crippen molar-refractivity contribution in [1.29, 1.82) is 0 Å². The van der Waals surface area contributed by atoms with Crippen molar-refractivity contribution in [3.05, 3.63) is 0 Å². The van der Waals surface area contributed by atoms with Crippen molar-refractivity contribution in [2.75, 3.05) is 33.2 Å². The molecule has 0 aliphatic carbocycles. The molecule has 0 aromatic heterocycles. The first-order chi connectivity index (χ1) is 6.06. The first-order valence-electron chi connectivity index (χ1n) is 4.73. The second-order valence-corrected chi connectivity index (χ2v) is 3.68. The maximum absolute atomic E-state index is 11.1. The summed E-state index contributed by atoms with van der Waals surface area (Å²) in [5.41, 5.74) is -0.613. The fourth-order valence-corrected chi connectivity index (χ4v) is 2.15. The lowest BCUT2D eigenvalue weighted by Crippen LogP contribution is -2.73. The van der Waals surface area contributed by atoms with Crippen LogP contribution in [-0.2, 0) is 4.79 Å². The summed E-state index contributed by atoms with van der Waals surface area (Å²) in [6.07, 6.45) is 0. The van der Waals surface area contributed by atoms with E-state index in [1.807, 2.05) is 30.7 Å². The molecule has 0 unspecified atom stereocenters. The first-order valence-corrected chi connectivity index (χ1v) is 4.73. The van der Waals surface area contributed by atoms with E-state index < -0.39 is 11.5 Å². The third-order valence-electron chi connectivity index (χ3n) is 2.83. The van der Waals surface area contributed by atoms with E-state index in [0.717, 1.165) is 13.1 Å². The SMILES string of the molecule is CCN(CC)C1(C(=O)O)CN(C)C1. The van der Waals surface area contributed by atoms with Crippen LogP contribution in [0.25, 0.3) is 0 Å². The van der Waals surface area contributed by atoms with Crippen molar-refractivity contribution < 1.29 is 9.90 Å². The molecule has 0 radical (unpaired) electrons. The normalized spacial score (nSPS) is 21.5. The smallest absolute Gasteiger partial charge is 0.326 e. The molecule has 1 saturated heterocycles. The second kappa shape index (κ2) is 3.64. The predicted octanol–water partition coefficient (Wildman–Crippen LogP) is 0.0970. The largest absolute Gasteiger partial charge is 0.480 e. The molecule has 0 aromatic rings. The van der Waals surface area contributed by atoms with Gasteiger partial charge in [-0.2, -0.15) is 0 Å². The molecule has 0 bridgehead atoms. The summed E-state index contributed by atoms with van der Waals surface area (Å²) in [5, 5.41) is 9.17. The maximum Gasteiger partial charge on any atom is 0.326 e. The van der Waals surface area contributed by atoms with Gasteiger partial charge in [0.25, 0.3) is 0 Å². The van der Waals surface area contributed by atoms with Gasteiger partial charge in [-0.3, -0.25) is 9.69 Å². The topological polar surface area (TPSA) is 43.8 Å². The zero-order valence-corrected chi connectivity index (χ0v) is 8.58. The van der Waals surface area contributed by atoms with E-state index in [0.29, 0.717) is 13.1 Å². The van der Waals surface area contributed by atoms with E-state index in [2.05, 4.69) is 0 Å². The van der Waals surface area contributed by atoms with E-state index in [9.17, 15) is 4.79 Å². The fraction of sp³-hybridized carbons (Fsp3) is 0.889. The average molecular weight is 186 g/mol. The maximum atomic E-state index is 11.1. The Labute approximate surface area is 79.1 Å². The molecule has 1 fully saturated rings. The number of hydrogen-bond donors (Lipinski definition) is 1. The number of hydrogen-bond acceptors (Lipinski definition) is 3. The van der Waals surface area contributed by atoms with Crippen LogP contribution < -0.4 is 0 Å². The number of nitrogens with zero attached hydrogens (tertiary/aromatic N) is 2. The van der Waals surface area contributed by atoms with Gasteiger partial charge in [0.05, 0.1) is 0 Å². The summed E-state index contributed by atoms with van der Waals surface area (Å²) in [6.45, 7) is 6.90. The molecule has 1 aliphatic heterocycles. The lowest BCUT2D eigenvalue weighted by molar-refractivity contribution is -0.163. The number of rotatable bonds is 4. The second-order valence-electron chi connectivity index (χ2n) is 3.68. The van der Waals surface area contributed by atoms with Crippen molar-refractivity contribution in [3.63, 3.8) is 0 Å². The highest BCUT2D eigenvalue weighted by atomic mass is 16.4. The quantitative estimate of drug-likeness (QED) is 0.676. The molecule has 1 N–H and O–H groups in total. The molecule has 0 amide bonds. The molecular weight excluding hydrogens is 168 g/mol. The van der Waals surface area contributed by atoms with Crippen LogP contribution in [0.4, 0.5) is 0 Å². The molecule has 4 nitrogen and oxygen atoms in total. The molecule has 76 valence electrons. The third kappa shape index (κ3) is 1.56. The number of carboxylic acids is 1. The Kier molecular flexibility index (Phi) is 2.93. The predicted molar refractivity (Wildman–Crippen MR) is 50.8 cm³/mol. The highest BCUT2D eigenvalue weighted by Gasteiger charge is 2.51. The van der Waals surface area contributed by atoms with Gasteiger partial charge in [0.1, 0.15) is 5.54 Å². The number of likely N-dealkylation sites (tertiary alicyclic amines) is 1. The van der Waals surface area contributed by atoms with Crippen LogP contribution in [0.2, 0.25) is 0 Å². The van der Waals surface area contributed by atoms with E-state index in [4.69, 9.17) is 5.11 Å². The molecule has 1 rings (SSSR count). The number of carboxylic acid groups (broad SMARTS) is 1. The van der Waals surface area contributed by atoms with Crippen LogP contribution in [0, 0.1) is 0 Å². The molecule has 0 aromatic carbocycles. The van der Waals surface area contributed by atoms with Gasteiger partial charge in [-0.15, -0.1) is 0 Å². The van der Waals surface area contributed by atoms with E-state index in [1.54, 1.807) is 0 Å². The molecular formula is C9H18N2O2. The molecule has 0 atom stereocenters. The van der Waals surface area contributed by atoms with Gasteiger partial charge in [-0.05, 0) is 20.1 Å². The van der Waals surface area contributed by atoms with Gasteiger partial charge >= 0.3 is 5.97 Å². The average Bonchev–Trinajstić information content (AvgIpc) is 2.02. The molecule has 1 aliphatic rings. The Morgan fingerprint density at radius 2 is 1.92 bits per heavy atom. The van der Waals surface area contributed by atoms with Crippen molar-refractivity contribution in [2.24, 2.45) is 0 Å². The monoisotopic (exact) mass is 186 g/mol. The summed E-state index contributed by atoms with van der Waals surface area (Å²) in [7, 11) is 1.95. The van der Waals surface area contributed by atoms with Crippen molar-refractivity contribution >= 4 is 5.97 Å². The van der Waals surface area contributed by atoms with Gasteiger partial charge in [-0.25, -0.2) is 0 Å². The lowest BCUT2D eigenvalue weighted by atomic mass is 9.88. The Morgan fingerprint density at radius 1 is 1.46 bits per heavy atom. The minimum Gasteiger partial charge on any atom is -0.480 e. The Morgan fingerprint density at radius 3 is 2.15 bits per heavy atom. The summed E-state index contributed by atoms with van der Waals surface area (Å²) in [5.74, 6) is -0.686. The summed E-state index contributed by atoms with van der Waals surface area (Å²) in [6, 6.07) is 0. The van der Waals surface area contributed by atoms with Gasteiger partial charge < -0.3 is 10.0 Å². The van der Waals surface area contributed by atoms with Crippen LogP contribution in [0.3, 0.4) is 0 Å². The summed E-state index contributed by atoms with van der Waals surface area (Å²) < 4.78 is 0. The molecule has 4 heteroatoms. The van der Waals surface area contributed by atoms with E-state index in [-0.39, 0.29) is 0 Å². The number of likely N-dealkylation sites (N-methyl/N-ethyl adjacent to an activating group) is 2. The minimum atomic E-state index is -0.686. The standard InChI is InChI=1S/C9H18N2O2/c1-4-11(5-2)9(8(12)13)6-10(3)7-9/h4-7H2,1-3H3,(H,12,13). The van der Waals surface area contributed by atoms with Crippen LogP contribution in [-0.4, -0.2) is 59.6 Å². The number of carbonyl (C=O) groups is 1. The highest BCUT2D eigenvalue weighted by molar-refractivity contribution is 5.81. The highest BCUT2D eigenvalue weighted by Crippen LogP contribution is 2.26. The molecule has 13 heavy (non-hydrogen) atoms. The first kappa shape index (κ1) is 10.5. The van der Waals surface area contributed by atoms with Gasteiger partial charge in [0.2, 0.25) is 0 Å². The minimum absolute atomic E-state index is 0.613. The Bertz CT molecular complexity index is 196. The van der Waals surface area contributed by atoms with E-state index >= 15 is 0 Å². The zero-order valence-electron chi connectivity index (χ0n) is 8.58. The van der Waals surface area contributed by atoms with Crippen LogP contribution in [0.5, 0.6) is 0 Å². The third-order valence-corrected chi connectivity index (χ3v) is 2.83. The van der Waals surface area contributed by atoms with Crippen molar-refractivity contribution in [2.45, 2.75) is 19.4 Å². The van der Waals surface area contributed by atoms with Gasteiger partial charge in [0, 0.05) is 13.1 Å². The van der Waals surface area contributed by atoms with Crippen molar-refractivity contribution in [1.82, 2.24) is 9.80 Å². The van der Waals surface area contributed by atoms with Crippen LogP contribution in [0.1, 0.15) is 13.8 Å². The van der Waals surface area contributed by atoms with Gasteiger partial charge in [0.15, 0.2) is 0 Å². The summed E-state index contributed by atoms with van der Waals surface area (Å²) in [4.78, 5) is 15.2. The van der Waals surface area contributed by atoms with Crippen LogP contribution >= 0.6 is 0 Å². The Balaban J connectivity index is 2.74. The Hall–Kier alpha value is -0.610. The molecule has 1 heterocycles. The molecule has 0 saturated carbocycles.